The zero-order chi connectivity index (χ0) is 17.6. The Morgan fingerprint density at radius 1 is 1.00 bits per heavy atom. The minimum atomic E-state index is -1.69. The number of benzene rings is 2. The third-order valence-corrected chi connectivity index (χ3v) is 3.22. The monoisotopic (exact) mass is 328 g/mol. The first kappa shape index (κ1) is 17.5. The Balaban J connectivity index is 1.91. The molecule has 1 unspecified atom stereocenters. The number of anilines is 2. The van der Waals surface area contributed by atoms with Gasteiger partial charge in [0, 0.05) is 18.3 Å². The summed E-state index contributed by atoms with van der Waals surface area (Å²) >= 11 is 0. The lowest BCUT2D eigenvalue weighted by Crippen LogP contribution is -2.45. The Morgan fingerprint density at radius 2 is 1.58 bits per heavy atom. The first-order chi connectivity index (χ1) is 11.4. The fourth-order valence-corrected chi connectivity index (χ4v) is 1.91. The van der Waals surface area contributed by atoms with E-state index in [4.69, 9.17) is 4.74 Å². The molecule has 0 aliphatic carbocycles. The van der Waals surface area contributed by atoms with Gasteiger partial charge in [0.05, 0.1) is 0 Å². The van der Waals surface area contributed by atoms with Gasteiger partial charge in [-0.1, -0.05) is 18.2 Å². The molecule has 0 aliphatic rings. The number of para-hydroxylation sites is 1. The van der Waals surface area contributed by atoms with E-state index in [1.165, 1.54) is 13.8 Å². The van der Waals surface area contributed by atoms with Crippen LogP contribution in [0.2, 0.25) is 0 Å². The Kier molecular flexibility index (Phi) is 5.55. The minimum Gasteiger partial charge on any atom is -0.490 e. The number of rotatable bonds is 6. The Hall–Kier alpha value is -2.86. The van der Waals surface area contributed by atoms with Crippen LogP contribution in [0, 0.1) is 0 Å². The largest absolute Gasteiger partial charge is 0.490 e. The number of carbonyl (C=O) groups excluding carboxylic acids is 2. The SMILES string of the molecule is CC(=O)Nc1ccc(OCC(C)(O)C(=O)Nc2ccccc2)cc1. The van der Waals surface area contributed by atoms with Crippen LogP contribution in [-0.2, 0) is 9.59 Å². The van der Waals surface area contributed by atoms with Gasteiger partial charge in [0.15, 0.2) is 5.60 Å². The van der Waals surface area contributed by atoms with Gasteiger partial charge < -0.3 is 20.5 Å². The Labute approximate surface area is 140 Å². The van der Waals surface area contributed by atoms with E-state index in [0.717, 1.165) is 0 Å². The lowest BCUT2D eigenvalue weighted by Gasteiger charge is -2.22. The summed E-state index contributed by atoms with van der Waals surface area (Å²) in [4.78, 5) is 23.1. The summed E-state index contributed by atoms with van der Waals surface area (Å²) in [5.74, 6) is -0.232. The molecule has 2 aromatic carbocycles. The fourth-order valence-electron chi connectivity index (χ4n) is 1.91. The van der Waals surface area contributed by atoms with Crippen LogP contribution in [0.3, 0.4) is 0 Å². The fraction of sp³-hybridized carbons (Fsp3) is 0.222. The van der Waals surface area contributed by atoms with Crippen LogP contribution in [0.1, 0.15) is 13.8 Å². The van der Waals surface area contributed by atoms with Gasteiger partial charge >= 0.3 is 0 Å². The van der Waals surface area contributed by atoms with Crippen molar-refractivity contribution in [2.75, 3.05) is 17.2 Å². The van der Waals surface area contributed by atoms with E-state index >= 15 is 0 Å². The number of aliphatic hydroxyl groups is 1. The van der Waals surface area contributed by atoms with Crippen molar-refractivity contribution in [3.05, 3.63) is 54.6 Å². The summed E-state index contributed by atoms with van der Waals surface area (Å²) in [7, 11) is 0. The average molecular weight is 328 g/mol. The molecule has 2 amide bonds. The molecule has 24 heavy (non-hydrogen) atoms. The van der Waals surface area contributed by atoms with Gasteiger partial charge in [0.2, 0.25) is 5.91 Å². The second kappa shape index (κ2) is 7.61. The molecule has 0 spiro atoms. The van der Waals surface area contributed by atoms with Gasteiger partial charge in [-0.3, -0.25) is 9.59 Å². The molecule has 0 aliphatic heterocycles. The van der Waals surface area contributed by atoms with Crippen LogP contribution in [0.15, 0.2) is 54.6 Å². The van der Waals surface area contributed by atoms with Crippen LogP contribution in [-0.4, -0.2) is 29.1 Å². The third-order valence-electron chi connectivity index (χ3n) is 3.22. The van der Waals surface area contributed by atoms with Gasteiger partial charge in [0.1, 0.15) is 12.4 Å². The van der Waals surface area contributed by atoms with Crippen molar-refractivity contribution < 1.29 is 19.4 Å². The van der Waals surface area contributed by atoms with E-state index in [2.05, 4.69) is 10.6 Å². The molecular formula is C18H20N2O4. The lowest BCUT2D eigenvalue weighted by molar-refractivity contribution is -0.135. The van der Waals surface area contributed by atoms with Gasteiger partial charge in [-0.15, -0.1) is 0 Å². The molecule has 1 atom stereocenters. The molecule has 0 heterocycles. The van der Waals surface area contributed by atoms with Crippen molar-refractivity contribution in [2.24, 2.45) is 0 Å². The van der Waals surface area contributed by atoms with Gasteiger partial charge in [0.25, 0.3) is 5.91 Å². The molecule has 2 aromatic rings. The molecule has 3 N–H and O–H groups in total. The molecule has 0 bridgehead atoms. The van der Waals surface area contributed by atoms with Crippen molar-refractivity contribution in [3.63, 3.8) is 0 Å². The molecule has 126 valence electrons. The molecule has 6 heteroatoms. The van der Waals surface area contributed by atoms with Crippen molar-refractivity contribution in [1.29, 1.82) is 0 Å². The number of ether oxygens (including phenoxy) is 1. The lowest BCUT2D eigenvalue weighted by atomic mass is 10.1. The highest BCUT2D eigenvalue weighted by molar-refractivity contribution is 5.96. The van der Waals surface area contributed by atoms with Crippen LogP contribution >= 0.6 is 0 Å². The molecule has 0 saturated heterocycles. The molecule has 2 rings (SSSR count). The van der Waals surface area contributed by atoms with Crippen molar-refractivity contribution in [2.45, 2.75) is 19.4 Å². The number of hydrogen-bond acceptors (Lipinski definition) is 4. The maximum Gasteiger partial charge on any atom is 0.259 e. The maximum absolute atomic E-state index is 12.1. The summed E-state index contributed by atoms with van der Waals surface area (Å²) in [5.41, 5.74) is -0.447. The summed E-state index contributed by atoms with van der Waals surface area (Å²) in [5, 5.41) is 15.6. The predicted octanol–water partition coefficient (Wildman–Crippen LogP) is 2.41. The maximum atomic E-state index is 12.1. The number of nitrogens with one attached hydrogen (secondary N) is 2. The zero-order valence-corrected chi connectivity index (χ0v) is 13.6. The number of amides is 2. The zero-order valence-electron chi connectivity index (χ0n) is 13.6. The quantitative estimate of drug-likeness (QED) is 0.760. The Bertz CT molecular complexity index is 697. The second-order valence-corrected chi connectivity index (χ2v) is 5.59. The average Bonchev–Trinajstić information content (AvgIpc) is 2.54. The number of carbonyl (C=O) groups is 2. The highest BCUT2D eigenvalue weighted by Gasteiger charge is 2.31. The third kappa shape index (κ3) is 5.10. The highest BCUT2D eigenvalue weighted by atomic mass is 16.5. The molecule has 0 saturated carbocycles. The van der Waals surface area contributed by atoms with E-state index in [-0.39, 0.29) is 12.5 Å². The van der Waals surface area contributed by atoms with Gasteiger partial charge in [-0.25, -0.2) is 0 Å². The van der Waals surface area contributed by atoms with Gasteiger partial charge in [-0.2, -0.15) is 0 Å². The predicted molar refractivity (Wildman–Crippen MR) is 91.9 cm³/mol. The minimum absolute atomic E-state index is 0.163. The van der Waals surface area contributed by atoms with E-state index in [1.807, 2.05) is 6.07 Å². The van der Waals surface area contributed by atoms with E-state index < -0.39 is 11.5 Å². The summed E-state index contributed by atoms with van der Waals surface area (Å²) in [6.45, 7) is 2.61. The standard InChI is InChI=1S/C18H20N2O4/c1-13(21)19-15-8-10-16(11-9-15)24-12-18(2,23)17(22)20-14-6-4-3-5-7-14/h3-11,23H,12H2,1-2H3,(H,19,21)(H,20,22). The topological polar surface area (TPSA) is 87.7 Å². The van der Waals surface area contributed by atoms with Crippen LogP contribution in [0.25, 0.3) is 0 Å². The second-order valence-electron chi connectivity index (χ2n) is 5.59. The van der Waals surface area contributed by atoms with E-state index in [1.54, 1.807) is 48.5 Å². The van der Waals surface area contributed by atoms with Crippen molar-refractivity contribution >= 4 is 23.2 Å². The van der Waals surface area contributed by atoms with Gasteiger partial charge in [-0.05, 0) is 43.3 Å². The summed E-state index contributed by atoms with van der Waals surface area (Å²) < 4.78 is 5.47. The summed E-state index contributed by atoms with van der Waals surface area (Å²) in [6.07, 6.45) is 0. The molecule has 0 radical (unpaired) electrons. The Morgan fingerprint density at radius 3 is 2.17 bits per heavy atom. The van der Waals surface area contributed by atoms with E-state index in [9.17, 15) is 14.7 Å². The highest BCUT2D eigenvalue weighted by Crippen LogP contribution is 2.18. The molecule has 0 fully saturated rings. The normalized spacial score (nSPS) is 12.8. The smallest absolute Gasteiger partial charge is 0.259 e. The number of hydrogen-bond donors (Lipinski definition) is 3. The van der Waals surface area contributed by atoms with Crippen LogP contribution in [0.5, 0.6) is 5.75 Å². The molecule has 6 nitrogen and oxygen atoms in total. The van der Waals surface area contributed by atoms with E-state index in [0.29, 0.717) is 17.1 Å². The molecular weight excluding hydrogens is 308 g/mol. The first-order valence-corrected chi connectivity index (χ1v) is 7.46. The van der Waals surface area contributed by atoms with Crippen molar-refractivity contribution in [3.8, 4) is 5.75 Å². The molecule has 0 aromatic heterocycles. The van der Waals surface area contributed by atoms with Crippen LogP contribution < -0.4 is 15.4 Å². The first-order valence-electron chi connectivity index (χ1n) is 7.46. The van der Waals surface area contributed by atoms with Crippen molar-refractivity contribution in [1.82, 2.24) is 0 Å². The van der Waals surface area contributed by atoms with Crippen LogP contribution in [0.4, 0.5) is 11.4 Å². The summed E-state index contributed by atoms with van der Waals surface area (Å²) in [6, 6.07) is 15.5.